The summed E-state index contributed by atoms with van der Waals surface area (Å²) >= 11 is 0. The Labute approximate surface area is 191 Å². The summed E-state index contributed by atoms with van der Waals surface area (Å²) in [4.78, 5) is 28.3. The van der Waals surface area contributed by atoms with Crippen LogP contribution in [0.3, 0.4) is 0 Å². The van der Waals surface area contributed by atoms with Gasteiger partial charge < -0.3 is 9.64 Å². The monoisotopic (exact) mass is 440 g/mol. The molecule has 0 saturated carbocycles. The average molecular weight is 441 g/mol. The summed E-state index contributed by atoms with van der Waals surface area (Å²) in [6.45, 7) is 0.995. The van der Waals surface area contributed by atoms with E-state index in [1.54, 1.807) is 10.9 Å². The summed E-state index contributed by atoms with van der Waals surface area (Å²) in [5.74, 6) is 0.104. The standard InChI is InChI=1S/C26H24N4O3/c1-28-14-19(13-27-28)22-16-29(15-18-8-6-7-11-21(18)22)26(32)23-17-30(20-9-4-3-5-10-20)25(31)12-24(23)33-2/h3-14,17,22H,15-16H2,1-2H3. The van der Waals surface area contributed by atoms with E-state index in [-0.39, 0.29) is 23.1 Å². The summed E-state index contributed by atoms with van der Waals surface area (Å²) in [5, 5.41) is 4.33. The van der Waals surface area contributed by atoms with Crippen molar-refractivity contribution in [1.82, 2.24) is 19.2 Å². The van der Waals surface area contributed by atoms with E-state index in [0.29, 0.717) is 24.3 Å². The van der Waals surface area contributed by atoms with Crippen molar-refractivity contribution < 1.29 is 9.53 Å². The first-order valence-electron chi connectivity index (χ1n) is 10.8. The lowest BCUT2D eigenvalue weighted by molar-refractivity contribution is 0.0720. The second-order valence-electron chi connectivity index (χ2n) is 8.18. The number of hydrogen-bond acceptors (Lipinski definition) is 4. The molecule has 1 aliphatic rings. The number of ether oxygens (including phenoxy) is 1. The summed E-state index contributed by atoms with van der Waals surface area (Å²) in [7, 11) is 3.36. The first-order chi connectivity index (χ1) is 16.0. The Kier molecular flexibility index (Phi) is 5.30. The van der Waals surface area contributed by atoms with E-state index in [0.717, 1.165) is 11.1 Å². The Morgan fingerprint density at radius 1 is 1.06 bits per heavy atom. The molecule has 2 aromatic carbocycles. The van der Waals surface area contributed by atoms with Gasteiger partial charge in [-0.05, 0) is 28.8 Å². The van der Waals surface area contributed by atoms with Crippen LogP contribution in [0.1, 0.15) is 33.0 Å². The largest absolute Gasteiger partial charge is 0.496 e. The van der Waals surface area contributed by atoms with Gasteiger partial charge in [0.15, 0.2) is 0 Å². The van der Waals surface area contributed by atoms with E-state index in [2.05, 4.69) is 17.2 Å². The molecular weight excluding hydrogens is 416 g/mol. The van der Waals surface area contributed by atoms with Crippen molar-refractivity contribution in [3.8, 4) is 11.4 Å². The molecule has 0 fully saturated rings. The molecule has 2 aromatic heterocycles. The summed E-state index contributed by atoms with van der Waals surface area (Å²) in [6, 6.07) is 18.8. The van der Waals surface area contributed by atoms with Crippen molar-refractivity contribution in [2.24, 2.45) is 7.05 Å². The van der Waals surface area contributed by atoms with Crippen LogP contribution in [0.4, 0.5) is 0 Å². The number of methoxy groups -OCH3 is 1. The van der Waals surface area contributed by atoms with Crippen molar-refractivity contribution in [3.63, 3.8) is 0 Å². The third-order valence-electron chi connectivity index (χ3n) is 6.11. The molecule has 7 heteroatoms. The molecule has 0 bridgehead atoms. The van der Waals surface area contributed by atoms with E-state index >= 15 is 0 Å². The van der Waals surface area contributed by atoms with Gasteiger partial charge in [-0.15, -0.1) is 0 Å². The molecule has 1 amide bonds. The van der Waals surface area contributed by atoms with Crippen molar-refractivity contribution in [2.45, 2.75) is 12.5 Å². The predicted octanol–water partition coefficient (Wildman–Crippen LogP) is 3.37. The molecule has 0 spiro atoms. The van der Waals surface area contributed by atoms with Gasteiger partial charge in [-0.25, -0.2) is 0 Å². The fourth-order valence-corrected chi connectivity index (χ4v) is 4.47. The number of aromatic nitrogens is 3. The number of carbonyl (C=O) groups excluding carboxylic acids is 1. The summed E-state index contributed by atoms with van der Waals surface area (Å²) in [6.07, 6.45) is 5.43. The molecule has 4 aromatic rings. The van der Waals surface area contributed by atoms with Crippen LogP contribution in [0.15, 0.2) is 84.0 Å². The lowest BCUT2D eigenvalue weighted by Crippen LogP contribution is -2.39. The van der Waals surface area contributed by atoms with Crippen LogP contribution in [0.2, 0.25) is 0 Å². The van der Waals surface area contributed by atoms with Crippen LogP contribution < -0.4 is 10.3 Å². The number of amides is 1. The molecule has 166 valence electrons. The number of para-hydroxylation sites is 1. The lowest BCUT2D eigenvalue weighted by Gasteiger charge is -2.34. The highest BCUT2D eigenvalue weighted by atomic mass is 16.5. The number of nitrogens with zero attached hydrogens (tertiary/aromatic N) is 4. The van der Waals surface area contributed by atoms with Crippen molar-refractivity contribution >= 4 is 5.91 Å². The van der Waals surface area contributed by atoms with Gasteiger partial charge in [-0.2, -0.15) is 5.10 Å². The molecule has 33 heavy (non-hydrogen) atoms. The number of aryl methyl sites for hydroxylation is 1. The molecule has 1 unspecified atom stereocenters. The second kappa shape index (κ2) is 8.43. The topological polar surface area (TPSA) is 69.4 Å². The number of carbonyl (C=O) groups is 1. The number of pyridine rings is 1. The van der Waals surface area contributed by atoms with Crippen LogP contribution in [-0.2, 0) is 13.6 Å². The third-order valence-corrected chi connectivity index (χ3v) is 6.11. The highest BCUT2D eigenvalue weighted by Crippen LogP contribution is 2.34. The maximum Gasteiger partial charge on any atom is 0.259 e. The van der Waals surface area contributed by atoms with Gasteiger partial charge in [-0.1, -0.05) is 42.5 Å². The van der Waals surface area contributed by atoms with Crippen LogP contribution in [0, 0.1) is 0 Å². The molecule has 5 rings (SSSR count). The molecule has 0 radical (unpaired) electrons. The number of rotatable bonds is 4. The first-order valence-corrected chi connectivity index (χ1v) is 10.8. The molecular formula is C26H24N4O3. The van der Waals surface area contributed by atoms with E-state index < -0.39 is 0 Å². The van der Waals surface area contributed by atoms with Crippen LogP contribution in [0.25, 0.3) is 5.69 Å². The Morgan fingerprint density at radius 3 is 2.55 bits per heavy atom. The zero-order valence-corrected chi connectivity index (χ0v) is 18.5. The molecule has 1 atom stereocenters. The van der Waals surface area contributed by atoms with E-state index in [4.69, 9.17) is 4.74 Å². The van der Waals surface area contributed by atoms with Gasteiger partial charge in [0, 0.05) is 50.2 Å². The number of benzene rings is 2. The molecule has 0 saturated heterocycles. The minimum atomic E-state index is -0.258. The Morgan fingerprint density at radius 2 is 1.82 bits per heavy atom. The smallest absolute Gasteiger partial charge is 0.259 e. The highest BCUT2D eigenvalue weighted by Gasteiger charge is 2.31. The van der Waals surface area contributed by atoms with Crippen molar-refractivity contribution in [1.29, 1.82) is 0 Å². The maximum atomic E-state index is 13.8. The molecule has 7 nitrogen and oxygen atoms in total. The fraction of sp³-hybridized carbons (Fsp3) is 0.192. The van der Waals surface area contributed by atoms with Gasteiger partial charge in [0.25, 0.3) is 11.5 Å². The van der Waals surface area contributed by atoms with E-state index in [9.17, 15) is 9.59 Å². The van der Waals surface area contributed by atoms with Crippen molar-refractivity contribution in [2.75, 3.05) is 13.7 Å². The second-order valence-corrected chi connectivity index (χ2v) is 8.18. The minimum absolute atomic E-state index is 0.0126. The number of fused-ring (bicyclic) bond motifs is 1. The highest BCUT2D eigenvalue weighted by molar-refractivity contribution is 5.97. The van der Waals surface area contributed by atoms with Gasteiger partial charge >= 0.3 is 0 Å². The fourth-order valence-electron chi connectivity index (χ4n) is 4.47. The van der Waals surface area contributed by atoms with Crippen LogP contribution >= 0.6 is 0 Å². The zero-order chi connectivity index (χ0) is 22.9. The van der Waals surface area contributed by atoms with E-state index in [1.165, 1.54) is 23.3 Å². The first kappa shape index (κ1) is 20.8. The third kappa shape index (κ3) is 3.82. The Hall–Kier alpha value is -4.13. The molecule has 3 heterocycles. The average Bonchev–Trinajstić information content (AvgIpc) is 3.29. The van der Waals surface area contributed by atoms with Gasteiger partial charge in [-0.3, -0.25) is 18.8 Å². The zero-order valence-electron chi connectivity index (χ0n) is 18.5. The van der Waals surface area contributed by atoms with Crippen LogP contribution in [0.5, 0.6) is 5.75 Å². The molecule has 0 N–H and O–H groups in total. The summed E-state index contributed by atoms with van der Waals surface area (Å²) in [5.41, 5.74) is 4.15. The summed E-state index contributed by atoms with van der Waals surface area (Å²) < 4.78 is 8.69. The quantitative estimate of drug-likeness (QED) is 0.488. The van der Waals surface area contributed by atoms with Crippen LogP contribution in [-0.4, -0.2) is 38.8 Å². The van der Waals surface area contributed by atoms with Crippen molar-refractivity contribution in [3.05, 3.63) is 112 Å². The van der Waals surface area contributed by atoms with Gasteiger partial charge in [0.2, 0.25) is 0 Å². The molecule has 1 aliphatic heterocycles. The maximum absolute atomic E-state index is 13.8. The SMILES string of the molecule is COc1cc(=O)n(-c2ccccc2)cc1C(=O)N1Cc2ccccc2C(c2cnn(C)c2)C1. The predicted molar refractivity (Wildman–Crippen MR) is 125 cm³/mol. The normalized spacial score (nSPS) is 15.2. The van der Waals surface area contributed by atoms with Gasteiger partial charge in [0.05, 0.1) is 18.9 Å². The Balaban J connectivity index is 1.56. The van der Waals surface area contributed by atoms with Gasteiger partial charge in [0.1, 0.15) is 5.75 Å². The molecule has 0 aliphatic carbocycles. The Bertz CT molecular complexity index is 1370. The van der Waals surface area contributed by atoms with E-state index in [1.807, 2.05) is 66.8 Å². The number of hydrogen-bond donors (Lipinski definition) is 0. The minimum Gasteiger partial charge on any atom is -0.496 e. The lowest BCUT2D eigenvalue weighted by atomic mass is 9.86.